The smallest absolute Gasteiger partial charge is 0.367 e. The number of aryl methyl sites for hydroxylation is 1. The minimum atomic E-state index is -0.595. The fourth-order valence-corrected chi connectivity index (χ4v) is 2.14. The van der Waals surface area contributed by atoms with Gasteiger partial charge >= 0.3 is 11.9 Å². The molecule has 0 amide bonds. The van der Waals surface area contributed by atoms with E-state index in [9.17, 15) is 9.59 Å². The number of carbonyl (C=O) groups is 2. The molecule has 3 N–H and O–H groups in total. The SMILES string of the molecule is Cc1nc(C(=O)OC(C)(C)C)sc1C(=O)OC(C)(C)C.N. The molecule has 0 saturated heterocycles. The third-order valence-corrected chi connectivity index (χ3v) is 3.07. The number of thiazole rings is 1. The van der Waals surface area contributed by atoms with E-state index in [1.165, 1.54) is 0 Å². The molecule has 1 heterocycles. The van der Waals surface area contributed by atoms with Gasteiger partial charge in [0.25, 0.3) is 0 Å². The van der Waals surface area contributed by atoms with Crippen molar-refractivity contribution in [3.05, 3.63) is 15.6 Å². The van der Waals surface area contributed by atoms with Crippen molar-refractivity contribution in [2.45, 2.75) is 59.7 Å². The van der Waals surface area contributed by atoms with Crippen molar-refractivity contribution in [2.75, 3.05) is 0 Å². The maximum atomic E-state index is 12.0. The molecule has 0 radical (unpaired) electrons. The largest absolute Gasteiger partial charge is 0.456 e. The van der Waals surface area contributed by atoms with Crippen LogP contribution in [0.25, 0.3) is 0 Å². The molecule has 0 fully saturated rings. The normalized spacial score (nSPS) is 11.6. The van der Waals surface area contributed by atoms with Gasteiger partial charge in [0.05, 0.1) is 5.69 Å². The summed E-state index contributed by atoms with van der Waals surface area (Å²) in [5, 5.41) is 0.165. The van der Waals surface area contributed by atoms with E-state index in [4.69, 9.17) is 9.47 Å². The predicted molar refractivity (Wildman–Crippen MR) is 82.2 cm³/mol. The Morgan fingerprint density at radius 3 is 1.81 bits per heavy atom. The highest BCUT2D eigenvalue weighted by Gasteiger charge is 2.26. The van der Waals surface area contributed by atoms with Gasteiger partial charge in [-0.15, -0.1) is 0 Å². The number of hydrogen-bond acceptors (Lipinski definition) is 7. The van der Waals surface area contributed by atoms with Gasteiger partial charge in [0.15, 0.2) is 0 Å². The maximum absolute atomic E-state index is 12.0. The zero-order valence-corrected chi connectivity index (χ0v) is 14.5. The van der Waals surface area contributed by atoms with Gasteiger partial charge < -0.3 is 15.6 Å². The van der Waals surface area contributed by atoms with Crippen LogP contribution in [0.2, 0.25) is 0 Å². The second-order valence-electron chi connectivity index (χ2n) is 6.44. The Morgan fingerprint density at radius 1 is 0.952 bits per heavy atom. The van der Waals surface area contributed by atoms with Crippen LogP contribution in [0.4, 0.5) is 0 Å². The van der Waals surface area contributed by atoms with Crippen molar-refractivity contribution < 1.29 is 19.1 Å². The molecule has 0 bridgehead atoms. The van der Waals surface area contributed by atoms with Crippen LogP contribution in [0, 0.1) is 6.92 Å². The van der Waals surface area contributed by atoms with Crippen LogP contribution in [0.1, 0.15) is 66.7 Å². The van der Waals surface area contributed by atoms with E-state index in [0.29, 0.717) is 10.6 Å². The van der Waals surface area contributed by atoms with Gasteiger partial charge in [0.2, 0.25) is 5.01 Å². The Bertz CT molecular complexity index is 524. The molecular formula is C14H24N2O4S. The zero-order chi connectivity index (χ0) is 15.7. The third-order valence-electron chi connectivity index (χ3n) is 1.95. The minimum Gasteiger partial charge on any atom is -0.456 e. The predicted octanol–water partition coefficient (Wildman–Crippen LogP) is 3.52. The van der Waals surface area contributed by atoms with E-state index in [0.717, 1.165) is 11.3 Å². The molecule has 21 heavy (non-hydrogen) atoms. The second-order valence-corrected chi connectivity index (χ2v) is 7.44. The summed E-state index contributed by atoms with van der Waals surface area (Å²) in [6.07, 6.45) is 0. The van der Waals surface area contributed by atoms with Crippen LogP contribution >= 0.6 is 11.3 Å². The lowest BCUT2D eigenvalue weighted by atomic mass is 10.2. The Kier molecular flexibility index (Phi) is 6.07. The Hall–Kier alpha value is -1.47. The lowest BCUT2D eigenvalue weighted by Crippen LogP contribution is -2.24. The molecule has 0 spiro atoms. The molecule has 0 saturated carbocycles. The number of hydrogen-bond donors (Lipinski definition) is 1. The zero-order valence-electron chi connectivity index (χ0n) is 13.7. The molecule has 6 nitrogen and oxygen atoms in total. The highest BCUT2D eigenvalue weighted by molar-refractivity contribution is 7.15. The van der Waals surface area contributed by atoms with Crippen molar-refractivity contribution in [1.29, 1.82) is 0 Å². The van der Waals surface area contributed by atoms with Gasteiger partial charge in [-0.1, -0.05) is 11.3 Å². The molecule has 0 unspecified atom stereocenters. The molecule has 0 aromatic carbocycles. The first-order valence-corrected chi connectivity index (χ1v) is 7.15. The number of rotatable bonds is 2. The first kappa shape index (κ1) is 19.5. The van der Waals surface area contributed by atoms with Crippen LogP contribution in [-0.2, 0) is 9.47 Å². The Balaban J connectivity index is 0.00000400. The van der Waals surface area contributed by atoms with Crippen LogP contribution in [0.5, 0.6) is 0 Å². The summed E-state index contributed by atoms with van der Waals surface area (Å²) in [7, 11) is 0. The van der Waals surface area contributed by atoms with Crippen molar-refractivity contribution in [2.24, 2.45) is 0 Å². The Labute approximate surface area is 129 Å². The molecule has 1 rings (SSSR count). The van der Waals surface area contributed by atoms with E-state index in [-0.39, 0.29) is 11.2 Å². The van der Waals surface area contributed by atoms with Crippen molar-refractivity contribution in [3.8, 4) is 0 Å². The average molecular weight is 316 g/mol. The number of aromatic nitrogens is 1. The average Bonchev–Trinajstić information content (AvgIpc) is 2.55. The van der Waals surface area contributed by atoms with E-state index in [1.807, 2.05) is 0 Å². The van der Waals surface area contributed by atoms with E-state index in [1.54, 1.807) is 48.5 Å². The van der Waals surface area contributed by atoms with E-state index in [2.05, 4.69) is 4.98 Å². The van der Waals surface area contributed by atoms with Crippen LogP contribution in [0.3, 0.4) is 0 Å². The summed E-state index contributed by atoms with van der Waals surface area (Å²) in [6.45, 7) is 12.4. The lowest BCUT2D eigenvalue weighted by molar-refractivity contribution is 0.00592. The molecule has 1 aromatic rings. The van der Waals surface area contributed by atoms with E-state index >= 15 is 0 Å². The summed E-state index contributed by atoms with van der Waals surface area (Å²) in [6, 6.07) is 0. The summed E-state index contributed by atoms with van der Waals surface area (Å²) in [5.41, 5.74) is -0.701. The van der Waals surface area contributed by atoms with Crippen LogP contribution in [-0.4, -0.2) is 28.1 Å². The molecule has 0 aliphatic rings. The van der Waals surface area contributed by atoms with Gasteiger partial charge in [-0.25, -0.2) is 14.6 Å². The van der Waals surface area contributed by atoms with Crippen molar-refractivity contribution in [1.82, 2.24) is 11.1 Å². The number of carbonyl (C=O) groups excluding carboxylic acids is 2. The molecule has 0 atom stereocenters. The molecule has 0 aliphatic carbocycles. The van der Waals surface area contributed by atoms with Crippen molar-refractivity contribution >= 4 is 23.3 Å². The quantitative estimate of drug-likeness (QED) is 0.838. The topological polar surface area (TPSA) is 100 Å². The number of esters is 2. The second kappa shape index (κ2) is 6.53. The van der Waals surface area contributed by atoms with Gasteiger partial charge in [-0.3, -0.25) is 0 Å². The minimum absolute atomic E-state index is 0. The maximum Gasteiger partial charge on any atom is 0.367 e. The van der Waals surface area contributed by atoms with Crippen LogP contribution < -0.4 is 6.15 Å². The molecule has 1 aromatic heterocycles. The fraction of sp³-hybridized carbons (Fsp3) is 0.643. The lowest BCUT2D eigenvalue weighted by Gasteiger charge is -2.19. The van der Waals surface area contributed by atoms with Crippen LogP contribution in [0.15, 0.2) is 0 Å². The third kappa shape index (κ3) is 6.22. The summed E-state index contributed by atoms with van der Waals surface area (Å²) in [5.74, 6) is -0.997. The van der Waals surface area contributed by atoms with Gasteiger partial charge in [-0.05, 0) is 48.5 Å². The molecular weight excluding hydrogens is 292 g/mol. The summed E-state index contributed by atoms with van der Waals surface area (Å²) < 4.78 is 10.5. The summed E-state index contributed by atoms with van der Waals surface area (Å²) >= 11 is 0.997. The first-order chi connectivity index (χ1) is 8.89. The summed E-state index contributed by atoms with van der Waals surface area (Å²) in [4.78, 5) is 28.3. The first-order valence-electron chi connectivity index (χ1n) is 6.33. The van der Waals surface area contributed by atoms with E-state index < -0.39 is 23.1 Å². The Morgan fingerprint density at radius 2 is 1.38 bits per heavy atom. The highest BCUT2D eigenvalue weighted by atomic mass is 32.1. The van der Waals surface area contributed by atoms with Gasteiger partial charge in [-0.2, -0.15) is 0 Å². The standard InChI is InChI=1S/C14H21NO4S.H3N/c1-8-9(11(16)18-13(2,3)4)20-10(15-8)12(17)19-14(5,6)7;/h1-7H3;1H3. The monoisotopic (exact) mass is 316 g/mol. The number of ether oxygens (including phenoxy) is 2. The molecule has 7 heteroatoms. The number of nitrogens with zero attached hydrogens (tertiary/aromatic N) is 1. The van der Waals surface area contributed by atoms with Crippen molar-refractivity contribution in [3.63, 3.8) is 0 Å². The molecule has 0 aliphatic heterocycles. The fourth-order valence-electron chi connectivity index (χ4n) is 1.32. The highest BCUT2D eigenvalue weighted by Crippen LogP contribution is 2.23. The van der Waals surface area contributed by atoms with Gasteiger partial charge in [0.1, 0.15) is 16.1 Å². The molecule has 120 valence electrons. The van der Waals surface area contributed by atoms with Gasteiger partial charge in [0, 0.05) is 0 Å².